The summed E-state index contributed by atoms with van der Waals surface area (Å²) in [5.74, 6) is 0. The molecule has 2 heterocycles. The lowest BCUT2D eigenvalue weighted by molar-refractivity contribution is 0.592. The number of rotatable bonds is 5. The van der Waals surface area contributed by atoms with Crippen molar-refractivity contribution in [3.63, 3.8) is 0 Å². The fraction of sp³-hybridized carbons (Fsp3) is 0. The molecular formula is C43H29N2OP. The van der Waals surface area contributed by atoms with Gasteiger partial charge < -0.3 is 9.13 Å². The van der Waals surface area contributed by atoms with Crippen LogP contribution in [-0.4, -0.2) is 9.55 Å². The van der Waals surface area contributed by atoms with Crippen molar-refractivity contribution in [1.29, 1.82) is 0 Å². The number of nitrogens with zero attached hydrogens (tertiary/aromatic N) is 2. The van der Waals surface area contributed by atoms with Crippen LogP contribution in [0.1, 0.15) is 0 Å². The third kappa shape index (κ3) is 4.28. The fourth-order valence-electron chi connectivity index (χ4n) is 7.18. The van der Waals surface area contributed by atoms with Crippen LogP contribution in [-0.2, 0) is 4.57 Å². The van der Waals surface area contributed by atoms with Gasteiger partial charge in [-0.15, -0.1) is 0 Å². The first-order valence-electron chi connectivity index (χ1n) is 15.8. The van der Waals surface area contributed by atoms with E-state index in [0.717, 1.165) is 76.2 Å². The fourth-order valence-corrected chi connectivity index (χ4v) is 9.88. The number of benzene rings is 7. The highest BCUT2D eigenvalue weighted by atomic mass is 31.2. The standard InChI is InChI=1S/C43H29N2OP/c46-47(32-18-6-2-7-19-32,33-20-8-3-9-21-33)34-22-14-15-30(27-34)42-38-29-44-39-25-12-10-23-35(39)37(38)28-41-43(42)36-24-11-13-26-40(36)45(41)31-16-4-1-5-17-31/h1-29H. The van der Waals surface area contributed by atoms with Crippen molar-refractivity contribution in [2.75, 3.05) is 0 Å². The van der Waals surface area contributed by atoms with Crippen LogP contribution < -0.4 is 15.9 Å². The van der Waals surface area contributed by atoms with Crippen LogP contribution in [0.5, 0.6) is 0 Å². The van der Waals surface area contributed by atoms with Crippen molar-refractivity contribution in [3.05, 3.63) is 176 Å². The van der Waals surface area contributed by atoms with Crippen molar-refractivity contribution in [1.82, 2.24) is 9.55 Å². The molecule has 0 bridgehead atoms. The SMILES string of the molecule is O=P(c1ccccc1)(c1ccccc1)c1cccc(-c2c3cnc4ccccc4c3cc3c2c2ccccc2n3-c2ccccc2)c1. The topological polar surface area (TPSA) is 34.9 Å². The lowest BCUT2D eigenvalue weighted by Crippen LogP contribution is -2.25. The number of para-hydroxylation sites is 3. The van der Waals surface area contributed by atoms with Crippen LogP contribution in [0.15, 0.2) is 176 Å². The predicted molar refractivity (Wildman–Crippen MR) is 198 cm³/mol. The molecule has 2 aromatic heterocycles. The summed E-state index contributed by atoms with van der Waals surface area (Å²) in [6, 6.07) is 58.0. The lowest BCUT2D eigenvalue weighted by atomic mass is 9.92. The van der Waals surface area contributed by atoms with E-state index in [4.69, 9.17) is 4.98 Å². The highest BCUT2D eigenvalue weighted by Crippen LogP contribution is 2.46. The zero-order valence-corrected chi connectivity index (χ0v) is 26.4. The second-order valence-corrected chi connectivity index (χ2v) is 14.7. The van der Waals surface area contributed by atoms with Crippen molar-refractivity contribution < 1.29 is 4.57 Å². The van der Waals surface area contributed by atoms with Crippen molar-refractivity contribution in [2.24, 2.45) is 0 Å². The van der Waals surface area contributed by atoms with Crippen molar-refractivity contribution in [2.45, 2.75) is 0 Å². The van der Waals surface area contributed by atoms with Gasteiger partial charge in [-0.25, -0.2) is 0 Å². The summed E-state index contributed by atoms with van der Waals surface area (Å²) in [7, 11) is -3.20. The third-order valence-electron chi connectivity index (χ3n) is 9.28. The minimum absolute atomic E-state index is 0.804. The quantitative estimate of drug-likeness (QED) is 0.142. The molecule has 9 rings (SSSR count). The summed E-state index contributed by atoms with van der Waals surface area (Å²) < 4.78 is 17.9. The van der Waals surface area contributed by atoms with Crippen LogP contribution >= 0.6 is 7.14 Å². The molecule has 0 atom stereocenters. The molecule has 0 aliphatic carbocycles. The number of aromatic nitrogens is 2. The van der Waals surface area contributed by atoms with Gasteiger partial charge in [-0.3, -0.25) is 4.98 Å². The Labute approximate surface area is 272 Å². The zero-order chi connectivity index (χ0) is 31.4. The minimum Gasteiger partial charge on any atom is -0.309 e. The summed E-state index contributed by atoms with van der Waals surface area (Å²) in [5, 5.41) is 8.07. The Morgan fingerprint density at radius 1 is 0.468 bits per heavy atom. The van der Waals surface area contributed by atoms with Crippen LogP contribution in [0.25, 0.3) is 60.3 Å². The molecule has 0 aliphatic heterocycles. The molecule has 0 N–H and O–H groups in total. The molecule has 0 spiro atoms. The first kappa shape index (κ1) is 27.5. The molecule has 0 aliphatic rings. The van der Waals surface area contributed by atoms with Gasteiger partial charge in [0.25, 0.3) is 0 Å². The number of hydrogen-bond donors (Lipinski definition) is 0. The van der Waals surface area contributed by atoms with Gasteiger partial charge in [0.15, 0.2) is 7.14 Å². The van der Waals surface area contributed by atoms with E-state index < -0.39 is 7.14 Å². The van der Waals surface area contributed by atoms with Gasteiger partial charge in [-0.05, 0) is 47.3 Å². The van der Waals surface area contributed by atoms with E-state index >= 15 is 4.57 Å². The molecule has 3 nitrogen and oxygen atoms in total. The maximum atomic E-state index is 15.5. The Hall–Kier alpha value is -5.76. The maximum Gasteiger partial charge on any atom is 0.171 e. The first-order valence-corrected chi connectivity index (χ1v) is 17.5. The normalized spacial score (nSPS) is 11.9. The second-order valence-electron chi connectivity index (χ2n) is 11.9. The molecule has 0 unspecified atom stereocenters. The van der Waals surface area contributed by atoms with Crippen LogP contribution in [0.3, 0.4) is 0 Å². The highest BCUT2D eigenvalue weighted by Gasteiger charge is 2.30. The van der Waals surface area contributed by atoms with Crippen molar-refractivity contribution >= 4 is 66.5 Å². The van der Waals surface area contributed by atoms with Crippen molar-refractivity contribution in [3.8, 4) is 16.8 Å². The maximum absolute atomic E-state index is 15.5. The van der Waals surface area contributed by atoms with Gasteiger partial charge in [0.05, 0.1) is 16.6 Å². The van der Waals surface area contributed by atoms with Gasteiger partial charge in [-0.2, -0.15) is 0 Å². The smallest absolute Gasteiger partial charge is 0.171 e. The number of fused-ring (bicyclic) bond motifs is 6. The summed E-state index contributed by atoms with van der Waals surface area (Å²) in [4.78, 5) is 4.95. The predicted octanol–water partition coefficient (Wildman–Crippen LogP) is 9.79. The Balaban J connectivity index is 1.43. The Morgan fingerprint density at radius 2 is 1.06 bits per heavy atom. The summed E-state index contributed by atoms with van der Waals surface area (Å²) in [6.07, 6.45) is 2.02. The van der Waals surface area contributed by atoms with E-state index in [-0.39, 0.29) is 0 Å². The molecule has 0 fully saturated rings. The first-order chi connectivity index (χ1) is 23.2. The molecule has 7 aromatic carbocycles. The monoisotopic (exact) mass is 620 g/mol. The van der Waals surface area contributed by atoms with Crippen LogP contribution in [0.2, 0.25) is 0 Å². The summed E-state index contributed by atoms with van der Waals surface area (Å²) in [6.45, 7) is 0. The largest absolute Gasteiger partial charge is 0.309 e. The van der Waals surface area contributed by atoms with E-state index in [1.807, 2.05) is 79.0 Å². The van der Waals surface area contributed by atoms with E-state index in [2.05, 4.69) is 102 Å². The molecule has 0 saturated carbocycles. The molecule has 222 valence electrons. The minimum atomic E-state index is -3.20. The van der Waals surface area contributed by atoms with E-state index in [9.17, 15) is 0 Å². The molecule has 0 saturated heterocycles. The Kier molecular flexibility index (Phi) is 6.41. The highest BCUT2D eigenvalue weighted by molar-refractivity contribution is 7.85. The van der Waals surface area contributed by atoms with Crippen LogP contribution in [0.4, 0.5) is 0 Å². The average Bonchev–Trinajstić information content (AvgIpc) is 3.48. The molecule has 0 radical (unpaired) electrons. The van der Waals surface area contributed by atoms with Gasteiger partial charge in [0, 0.05) is 54.9 Å². The molecule has 4 heteroatoms. The molecule has 47 heavy (non-hydrogen) atoms. The van der Waals surface area contributed by atoms with E-state index in [1.165, 1.54) is 0 Å². The van der Waals surface area contributed by atoms with E-state index in [1.54, 1.807) is 0 Å². The molecule has 9 aromatic rings. The summed E-state index contributed by atoms with van der Waals surface area (Å²) in [5.41, 5.74) is 6.43. The Morgan fingerprint density at radius 3 is 1.79 bits per heavy atom. The van der Waals surface area contributed by atoms with Gasteiger partial charge in [0.2, 0.25) is 0 Å². The van der Waals surface area contributed by atoms with Gasteiger partial charge in [-0.1, -0.05) is 133 Å². The lowest BCUT2D eigenvalue weighted by Gasteiger charge is -2.21. The average molecular weight is 621 g/mol. The van der Waals surface area contributed by atoms with E-state index in [0.29, 0.717) is 0 Å². The third-order valence-corrected chi connectivity index (χ3v) is 12.3. The molecule has 0 amide bonds. The summed E-state index contributed by atoms with van der Waals surface area (Å²) >= 11 is 0. The Bertz CT molecular complexity index is 2600. The second kappa shape index (κ2) is 10.9. The molecular weight excluding hydrogens is 591 g/mol. The zero-order valence-electron chi connectivity index (χ0n) is 25.5. The number of hydrogen-bond acceptors (Lipinski definition) is 2. The van der Waals surface area contributed by atoms with Gasteiger partial charge >= 0.3 is 0 Å². The number of pyridine rings is 1. The van der Waals surface area contributed by atoms with Crippen LogP contribution in [0, 0.1) is 0 Å². The van der Waals surface area contributed by atoms with Gasteiger partial charge in [0.1, 0.15) is 0 Å².